The smallest absolute Gasteiger partial charge is 0.252 e. The summed E-state index contributed by atoms with van der Waals surface area (Å²) in [7, 11) is 0. The van der Waals surface area contributed by atoms with Gasteiger partial charge in [0.15, 0.2) is 0 Å². The van der Waals surface area contributed by atoms with Crippen LogP contribution in [0.5, 0.6) is 5.75 Å². The number of carbonyl (C=O) groups excluding carboxylic acids is 1. The van der Waals surface area contributed by atoms with E-state index in [4.69, 9.17) is 4.74 Å². The average molecular weight is 414 g/mol. The van der Waals surface area contributed by atoms with Crippen molar-refractivity contribution in [3.8, 4) is 11.4 Å². The number of nitrogens with one attached hydrogen (secondary N) is 1. The number of ether oxygens (including phenoxy) is 1. The number of benzene rings is 2. The van der Waals surface area contributed by atoms with Crippen LogP contribution in [0.3, 0.4) is 0 Å². The zero-order chi connectivity index (χ0) is 18.2. The van der Waals surface area contributed by atoms with E-state index in [2.05, 4.69) is 26.2 Å². The molecule has 0 atom stereocenters. The lowest BCUT2D eigenvalue weighted by atomic mass is 10.2. The highest BCUT2D eigenvalue weighted by molar-refractivity contribution is 9.10. The van der Waals surface area contributed by atoms with Gasteiger partial charge in [0.05, 0.1) is 18.5 Å². The minimum atomic E-state index is -0.0616. The molecule has 0 aliphatic heterocycles. The van der Waals surface area contributed by atoms with Crippen molar-refractivity contribution in [2.24, 2.45) is 0 Å². The minimum absolute atomic E-state index is 0.0616. The van der Waals surface area contributed by atoms with Crippen molar-refractivity contribution < 1.29 is 9.53 Å². The highest BCUT2D eigenvalue weighted by atomic mass is 79.9. The molecule has 0 saturated carbocycles. The van der Waals surface area contributed by atoms with Crippen molar-refractivity contribution in [2.45, 2.75) is 12.8 Å². The lowest BCUT2D eigenvalue weighted by molar-refractivity contribution is 0.0951. The summed E-state index contributed by atoms with van der Waals surface area (Å²) >= 11 is 3.39. The van der Waals surface area contributed by atoms with E-state index in [0.29, 0.717) is 18.7 Å². The first-order valence-electron chi connectivity index (χ1n) is 8.48. The Labute approximate surface area is 161 Å². The number of hydrogen-bond donors (Lipinski definition) is 1. The molecule has 1 heterocycles. The normalized spacial score (nSPS) is 10.5. The number of unbranched alkanes of at least 4 members (excludes halogenated alkanes) is 1. The molecule has 0 aliphatic carbocycles. The Hall–Kier alpha value is -2.60. The van der Waals surface area contributed by atoms with Crippen LogP contribution in [0.4, 0.5) is 0 Å². The van der Waals surface area contributed by atoms with Crippen LogP contribution in [0.15, 0.2) is 71.7 Å². The molecule has 0 unspecified atom stereocenters. The van der Waals surface area contributed by atoms with Gasteiger partial charge in [-0.1, -0.05) is 12.1 Å². The van der Waals surface area contributed by atoms with E-state index in [-0.39, 0.29) is 5.91 Å². The number of halogens is 1. The molecule has 6 heteroatoms. The first kappa shape index (κ1) is 18.2. The monoisotopic (exact) mass is 413 g/mol. The molecular formula is C20H20BrN3O2. The number of hydrogen-bond acceptors (Lipinski definition) is 3. The van der Waals surface area contributed by atoms with Crippen LogP contribution in [-0.2, 0) is 0 Å². The predicted octanol–water partition coefficient (Wildman–Crippen LogP) is 4.22. The van der Waals surface area contributed by atoms with Crippen LogP contribution in [0.25, 0.3) is 5.69 Å². The fraction of sp³-hybridized carbons (Fsp3) is 0.200. The van der Waals surface area contributed by atoms with Crippen LogP contribution in [0, 0.1) is 0 Å². The molecule has 26 heavy (non-hydrogen) atoms. The van der Waals surface area contributed by atoms with Gasteiger partial charge in [0.25, 0.3) is 5.91 Å². The lowest BCUT2D eigenvalue weighted by Crippen LogP contribution is -2.25. The fourth-order valence-electron chi connectivity index (χ4n) is 2.49. The maximum atomic E-state index is 12.1. The molecule has 2 aromatic carbocycles. The summed E-state index contributed by atoms with van der Waals surface area (Å²) in [5.41, 5.74) is 1.70. The molecule has 1 aromatic heterocycles. The SMILES string of the molecule is O=C(NCCCCOc1ccc(-n2ccnc2)cc1)c1ccccc1Br. The van der Waals surface area contributed by atoms with Crippen molar-refractivity contribution in [3.63, 3.8) is 0 Å². The van der Waals surface area contributed by atoms with E-state index in [0.717, 1.165) is 28.8 Å². The summed E-state index contributed by atoms with van der Waals surface area (Å²) in [5.74, 6) is 0.777. The predicted molar refractivity (Wildman–Crippen MR) is 105 cm³/mol. The molecular weight excluding hydrogens is 394 g/mol. The van der Waals surface area contributed by atoms with Crippen molar-refractivity contribution >= 4 is 21.8 Å². The van der Waals surface area contributed by atoms with E-state index in [1.807, 2.05) is 53.2 Å². The second-order valence-electron chi connectivity index (χ2n) is 5.76. The van der Waals surface area contributed by atoms with Gasteiger partial charge in [-0.2, -0.15) is 0 Å². The lowest BCUT2D eigenvalue weighted by Gasteiger charge is -2.09. The van der Waals surface area contributed by atoms with Crippen LogP contribution in [0.1, 0.15) is 23.2 Å². The van der Waals surface area contributed by atoms with Gasteiger partial charge in [0.1, 0.15) is 5.75 Å². The number of imidazole rings is 1. The molecule has 0 spiro atoms. The van der Waals surface area contributed by atoms with Gasteiger partial charge in [-0.05, 0) is 65.2 Å². The van der Waals surface area contributed by atoms with E-state index in [9.17, 15) is 4.79 Å². The van der Waals surface area contributed by atoms with E-state index < -0.39 is 0 Å². The van der Waals surface area contributed by atoms with E-state index >= 15 is 0 Å². The molecule has 0 fully saturated rings. The standard InChI is InChI=1S/C20H20BrN3O2/c21-19-6-2-1-5-18(19)20(25)23-11-3-4-14-26-17-9-7-16(8-10-17)24-13-12-22-15-24/h1-2,5-10,12-13,15H,3-4,11,14H2,(H,23,25). The van der Waals surface area contributed by atoms with E-state index in [1.54, 1.807) is 18.6 Å². The topological polar surface area (TPSA) is 56.1 Å². The van der Waals surface area contributed by atoms with Crippen molar-refractivity contribution in [1.82, 2.24) is 14.9 Å². The Morgan fingerprint density at radius 2 is 1.92 bits per heavy atom. The molecule has 0 aliphatic rings. The molecule has 5 nitrogen and oxygen atoms in total. The Bertz CT molecular complexity index is 833. The summed E-state index contributed by atoms with van der Waals surface area (Å²) in [5, 5.41) is 2.93. The summed E-state index contributed by atoms with van der Waals surface area (Å²) in [6.07, 6.45) is 7.15. The van der Waals surface area contributed by atoms with Gasteiger partial charge >= 0.3 is 0 Å². The average Bonchev–Trinajstić information content (AvgIpc) is 3.20. The summed E-state index contributed by atoms with van der Waals surface area (Å²) in [6, 6.07) is 15.3. The molecule has 1 amide bonds. The van der Waals surface area contributed by atoms with Crippen LogP contribution < -0.4 is 10.1 Å². The third-order valence-electron chi connectivity index (χ3n) is 3.88. The minimum Gasteiger partial charge on any atom is -0.494 e. The first-order chi connectivity index (χ1) is 12.7. The first-order valence-corrected chi connectivity index (χ1v) is 9.27. The fourth-order valence-corrected chi connectivity index (χ4v) is 2.95. The zero-order valence-electron chi connectivity index (χ0n) is 14.3. The summed E-state index contributed by atoms with van der Waals surface area (Å²) < 4.78 is 8.49. The molecule has 0 bridgehead atoms. The third kappa shape index (κ3) is 4.95. The quantitative estimate of drug-likeness (QED) is 0.562. The summed E-state index contributed by atoms with van der Waals surface area (Å²) in [4.78, 5) is 16.1. The number of nitrogens with zero attached hydrogens (tertiary/aromatic N) is 2. The second-order valence-corrected chi connectivity index (χ2v) is 6.61. The Morgan fingerprint density at radius 1 is 1.12 bits per heavy atom. The Morgan fingerprint density at radius 3 is 2.65 bits per heavy atom. The van der Waals surface area contributed by atoms with Gasteiger partial charge < -0.3 is 14.6 Å². The van der Waals surface area contributed by atoms with Crippen molar-refractivity contribution in [2.75, 3.05) is 13.2 Å². The number of carbonyl (C=O) groups is 1. The molecule has 3 rings (SSSR count). The zero-order valence-corrected chi connectivity index (χ0v) is 15.9. The van der Waals surface area contributed by atoms with Gasteiger partial charge in [0.2, 0.25) is 0 Å². The molecule has 0 saturated heterocycles. The molecule has 1 N–H and O–H groups in total. The number of aromatic nitrogens is 2. The van der Waals surface area contributed by atoms with Gasteiger partial charge in [-0.3, -0.25) is 4.79 Å². The van der Waals surface area contributed by atoms with Gasteiger partial charge in [-0.15, -0.1) is 0 Å². The maximum absolute atomic E-state index is 12.1. The van der Waals surface area contributed by atoms with Gasteiger partial charge in [-0.25, -0.2) is 4.98 Å². The van der Waals surface area contributed by atoms with Crippen LogP contribution >= 0.6 is 15.9 Å². The third-order valence-corrected chi connectivity index (χ3v) is 4.57. The maximum Gasteiger partial charge on any atom is 0.252 e. The largest absolute Gasteiger partial charge is 0.494 e. The molecule has 134 valence electrons. The summed E-state index contributed by atoms with van der Waals surface area (Å²) in [6.45, 7) is 1.25. The Balaban J connectivity index is 1.34. The van der Waals surface area contributed by atoms with Crippen LogP contribution in [-0.4, -0.2) is 28.6 Å². The Kier molecular flexibility index (Phi) is 6.44. The van der Waals surface area contributed by atoms with Gasteiger partial charge in [0, 0.05) is 29.1 Å². The van der Waals surface area contributed by atoms with Crippen molar-refractivity contribution in [1.29, 1.82) is 0 Å². The highest BCUT2D eigenvalue weighted by Crippen LogP contribution is 2.16. The van der Waals surface area contributed by atoms with Crippen molar-refractivity contribution in [3.05, 3.63) is 77.3 Å². The second kappa shape index (κ2) is 9.20. The number of amides is 1. The van der Waals surface area contributed by atoms with E-state index in [1.165, 1.54) is 0 Å². The number of rotatable bonds is 8. The van der Waals surface area contributed by atoms with Crippen LogP contribution in [0.2, 0.25) is 0 Å². The molecule has 0 radical (unpaired) electrons. The molecule has 3 aromatic rings. The highest BCUT2D eigenvalue weighted by Gasteiger charge is 2.07.